The molecule has 0 radical (unpaired) electrons. The van der Waals surface area contributed by atoms with Gasteiger partial charge in [0.25, 0.3) is 5.91 Å². The number of aromatic amines is 1. The molecule has 0 bridgehead atoms. The van der Waals surface area contributed by atoms with Gasteiger partial charge in [-0.05, 0) is 18.2 Å². The van der Waals surface area contributed by atoms with Crippen LogP contribution in [-0.4, -0.2) is 16.0 Å². The number of rotatable bonds is 2. The van der Waals surface area contributed by atoms with Crippen molar-refractivity contribution >= 4 is 11.6 Å². The molecule has 0 unspecified atom stereocenters. The highest BCUT2D eigenvalue weighted by atomic mass is 16.3. The Balaban J connectivity index is 2.19. The molecule has 1 aromatic carbocycles. The summed E-state index contributed by atoms with van der Waals surface area (Å²) in [6, 6.07) is 8.15. The van der Waals surface area contributed by atoms with Crippen LogP contribution in [0.25, 0.3) is 0 Å². The van der Waals surface area contributed by atoms with E-state index in [0.717, 1.165) is 0 Å². The Kier molecular flexibility index (Phi) is 2.41. The van der Waals surface area contributed by atoms with Crippen LogP contribution in [0.2, 0.25) is 0 Å². The SMILES string of the molecule is O=C(Nc1cc[nH]c1)c1ccccc1O. The van der Waals surface area contributed by atoms with Crippen molar-refractivity contribution in [2.24, 2.45) is 0 Å². The first-order valence-electron chi connectivity index (χ1n) is 4.49. The lowest BCUT2D eigenvalue weighted by atomic mass is 10.2. The molecule has 0 saturated carbocycles. The second-order valence-corrected chi connectivity index (χ2v) is 3.07. The molecular weight excluding hydrogens is 192 g/mol. The van der Waals surface area contributed by atoms with Gasteiger partial charge in [-0.2, -0.15) is 0 Å². The Morgan fingerprint density at radius 1 is 1.27 bits per heavy atom. The number of phenols is 1. The Labute approximate surface area is 86.6 Å². The highest BCUT2D eigenvalue weighted by Gasteiger charge is 2.09. The van der Waals surface area contributed by atoms with E-state index in [0.29, 0.717) is 5.69 Å². The van der Waals surface area contributed by atoms with Gasteiger partial charge in [-0.15, -0.1) is 0 Å². The van der Waals surface area contributed by atoms with Crippen LogP contribution in [0.15, 0.2) is 42.7 Å². The average molecular weight is 202 g/mol. The third-order valence-electron chi connectivity index (χ3n) is 2.00. The van der Waals surface area contributed by atoms with Gasteiger partial charge < -0.3 is 15.4 Å². The number of carbonyl (C=O) groups excluding carboxylic acids is 1. The van der Waals surface area contributed by atoms with Crippen molar-refractivity contribution in [3.05, 3.63) is 48.3 Å². The zero-order valence-electron chi connectivity index (χ0n) is 7.90. The summed E-state index contributed by atoms with van der Waals surface area (Å²) in [6.07, 6.45) is 3.37. The summed E-state index contributed by atoms with van der Waals surface area (Å²) in [5.41, 5.74) is 0.932. The van der Waals surface area contributed by atoms with Gasteiger partial charge in [0.2, 0.25) is 0 Å². The smallest absolute Gasteiger partial charge is 0.259 e. The molecule has 0 atom stereocenters. The molecule has 1 heterocycles. The Hall–Kier alpha value is -2.23. The monoisotopic (exact) mass is 202 g/mol. The zero-order valence-corrected chi connectivity index (χ0v) is 7.90. The summed E-state index contributed by atoms with van der Waals surface area (Å²) < 4.78 is 0. The van der Waals surface area contributed by atoms with Crippen molar-refractivity contribution in [2.45, 2.75) is 0 Å². The van der Waals surface area contributed by atoms with E-state index in [1.165, 1.54) is 6.07 Å². The molecular formula is C11H10N2O2. The fraction of sp³-hybridized carbons (Fsp3) is 0. The second-order valence-electron chi connectivity index (χ2n) is 3.07. The molecule has 4 nitrogen and oxygen atoms in total. The first-order chi connectivity index (χ1) is 7.27. The summed E-state index contributed by atoms with van der Waals surface area (Å²) in [7, 11) is 0. The molecule has 0 aliphatic heterocycles. The largest absolute Gasteiger partial charge is 0.507 e. The molecule has 0 saturated heterocycles. The van der Waals surface area contributed by atoms with Crippen LogP contribution in [0.1, 0.15) is 10.4 Å². The number of aromatic nitrogens is 1. The third-order valence-corrected chi connectivity index (χ3v) is 2.00. The minimum atomic E-state index is -0.326. The van der Waals surface area contributed by atoms with Crippen molar-refractivity contribution in [1.82, 2.24) is 4.98 Å². The summed E-state index contributed by atoms with van der Waals surface area (Å²) in [5.74, 6) is -0.349. The van der Waals surface area contributed by atoms with Gasteiger partial charge in [-0.1, -0.05) is 12.1 Å². The number of H-pyrrole nitrogens is 1. The summed E-state index contributed by atoms with van der Waals surface area (Å²) in [4.78, 5) is 14.5. The van der Waals surface area contributed by atoms with Crippen molar-refractivity contribution < 1.29 is 9.90 Å². The first-order valence-corrected chi connectivity index (χ1v) is 4.49. The Morgan fingerprint density at radius 3 is 2.73 bits per heavy atom. The molecule has 3 N–H and O–H groups in total. The molecule has 2 aromatic rings. The fourth-order valence-electron chi connectivity index (χ4n) is 1.27. The Bertz CT molecular complexity index is 463. The Morgan fingerprint density at radius 2 is 2.07 bits per heavy atom. The number of para-hydroxylation sites is 1. The maximum absolute atomic E-state index is 11.6. The molecule has 0 aliphatic rings. The molecule has 15 heavy (non-hydrogen) atoms. The van der Waals surface area contributed by atoms with Crippen LogP contribution in [0, 0.1) is 0 Å². The van der Waals surface area contributed by atoms with E-state index in [9.17, 15) is 9.90 Å². The van der Waals surface area contributed by atoms with Gasteiger partial charge in [0.15, 0.2) is 0 Å². The van der Waals surface area contributed by atoms with E-state index in [-0.39, 0.29) is 17.2 Å². The quantitative estimate of drug-likeness (QED) is 0.697. The second kappa shape index (κ2) is 3.88. The van der Waals surface area contributed by atoms with Crippen molar-refractivity contribution in [2.75, 3.05) is 5.32 Å². The lowest BCUT2D eigenvalue weighted by Gasteiger charge is -2.04. The van der Waals surface area contributed by atoms with Gasteiger partial charge >= 0.3 is 0 Å². The lowest BCUT2D eigenvalue weighted by molar-refractivity contribution is 0.102. The van der Waals surface area contributed by atoms with Crippen molar-refractivity contribution in [1.29, 1.82) is 0 Å². The summed E-state index contributed by atoms with van der Waals surface area (Å²) in [6.45, 7) is 0. The molecule has 0 aliphatic carbocycles. The third kappa shape index (κ3) is 1.99. The number of phenolic OH excluding ortho intramolecular Hbond substituents is 1. The summed E-state index contributed by atoms with van der Waals surface area (Å²) >= 11 is 0. The minimum absolute atomic E-state index is 0.0227. The highest BCUT2D eigenvalue weighted by Crippen LogP contribution is 2.17. The van der Waals surface area contributed by atoms with Crippen LogP contribution >= 0.6 is 0 Å². The van der Waals surface area contributed by atoms with Crippen LogP contribution in [0.3, 0.4) is 0 Å². The van der Waals surface area contributed by atoms with Crippen LogP contribution in [0.5, 0.6) is 5.75 Å². The van der Waals surface area contributed by atoms with E-state index >= 15 is 0 Å². The van der Waals surface area contributed by atoms with E-state index in [4.69, 9.17) is 0 Å². The van der Waals surface area contributed by atoms with Gasteiger partial charge in [0, 0.05) is 12.4 Å². The van der Waals surface area contributed by atoms with Gasteiger partial charge in [-0.25, -0.2) is 0 Å². The topological polar surface area (TPSA) is 65.1 Å². The van der Waals surface area contributed by atoms with Crippen molar-refractivity contribution in [3.63, 3.8) is 0 Å². The lowest BCUT2D eigenvalue weighted by Crippen LogP contribution is -2.11. The number of aromatic hydroxyl groups is 1. The molecule has 0 spiro atoms. The molecule has 1 amide bonds. The number of amides is 1. The van der Waals surface area contributed by atoms with Crippen LogP contribution < -0.4 is 5.32 Å². The molecule has 76 valence electrons. The van der Waals surface area contributed by atoms with E-state index in [2.05, 4.69) is 10.3 Å². The number of carbonyl (C=O) groups is 1. The molecule has 2 rings (SSSR count). The predicted molar refractivity (Wildman–Crippen MR) is 56.9 cm³/mol. The fourth-order valence-corrected chi connectivity index (χ4v) is 1.27. The van der Waals surface area contributed by atoms with Crippen LogP contribution in [0.4, 0.5) is 5.69 Å². The van der Waals surface area contributed by atoms with Gasteiger partial charge in [0.05, 0.1) is 11.3 Å². The van der Waals surface area contributed by atoms with E-state index < -0.39 is 0 Å². The predicted octanol–water partition coefficient (Wildman–Crippen LogP) is 1.97. The maximum Gasteiger partial charge on any atom is 0.259 e. The number of benzene rings is 1. The van der Waals surface area contributed by atoms with Gasteiger partial charge in [-0.3, -0.25) is 4.79 Å². The maximum atomic E-state index is 11.6. The number of nitrogens with one attached hydrogen (secondary N) is 2. The van der Waals surface area contributed by atoms with E-state index in [1.807, 2.05) is 0 Å². The first kappa shape index (κ1) is 9.33. The van der Waals surface area contributed by atoms with Crippen LogP contribution in [-0.2, 0) is 0 Å². The highest BCUT2D eigenvalue weighted by molar-refractivity contribution is 6.06. The number of hydrogen-bond donors (Lipinski definition) is 3. The normalized spacial score (nSPS) is 9.87. The zero-order chi connectivity index (χ0) is 10.7. The van der Waals surface area contributed by atoms with Gasteiger partial charge in [0.1, 0.15) is 5.75 Å². The minimum Gasteiger partial charge on any atom is -0.507 e. The van der Waals surface area contributed by atoms with Crippen molar-refractivity contribution in [3.8, 4) is 5.75 Å². The number of anilines is 1. The molecule has 1 aromatic heterocycles. The standard InChI is InChI=1S/C11H10N2O2/c14-10-4-2-1-3-9(10)11(15)13-8-5-6-12-7-8/h1-7,12,14H,(H,13,15). The molecule has 4 heteroatoms. The average Bonchev–Trinajstić information content (AvgIpc) is 2.71. The molecule has 0 fully saturated rings. The summed E-state index contributed by atoms with van der Waals surface area (Å²) in [5, 5.41) is 12.1. The number of hydrogen-bond acceptors (Lipinski definition) is 2. The van der Waals surface area contributed by atoms with E-state index in [1.54, 1.807) is 36.7 Å².